The first kappa shape index (κ1) is 77.5. The summed E-state index contributed by atoms with van der Waals surface area (Å²) < 4.78 is 22.3. The second-order valence-corrected chi connectivity index (χ2v) is 23.1. The third-order valence-corrected chi connectivity index (χ3v) is 14.7. The Hall–Kier alpha value is -3.53. The Morgan fingerprint density at radius 1 is 0.531 bits per heavy atom. The van der Waals surface area contributed by atoms with E-state index in [0.29, 0.717) is 51.2 Å². The number of rotatable bonds is 53. The number of hydrogen-bond donors (Lipinski definition) is 4. The maximum atomic E-state index is 12.6. The van der Waals surface area contributed by atoms with E-state index in [-0.39, 0.29) is 75.4 Å². The molecule has 2 aliphatic rings. The molecule has 0 bridgehead atoms. The van der Waals surface area contributed by atoms with Gasteiger partial charge in [-0.3, -0.25) is 28.9 Å². The van der Waals surface area contributed by atoms with Crippen molar-refractivity contribution in [3.63, 3.8) is 0 Å². The molecule has 474 valence electrons. The molecule has 0 saturated carbocycles. The summed E-state index contributed by atoms with van der Waals surface area (Å²) in [5.74, 6) is -0.250. The van der Waals surface area contributed by atoms with E-state index in [1.807, 2.05) is 13.8 Å². The molecule has 0 heterocycles. The van der Waals surface area contributed by atoms with Gasteiger partial charge >= 0.3 is 18.0 Å². The van der Waals surface area contributed by atoms with Crippen molar-refractivity contribution in [3.05, 3.63) is 24.3 Å². The van der Waals surface area contributed by atoms with E-state index < -0.39 is 6.10 Å². The van der Waals surface area contributed by atoms with E-state index in [0.717, 1.165) is 77.0 Å². The molecule has 0 spiro atoms. The van der Waals surface area contributed by atoms with Crippen LogP contribution >= 0.6 is 0 Å². The van der Waals surface area contributed by atoms with Crippen molar-refractivity contribution in [2.24, 2.45) is 5.92 Å². The van der Waals surface area contributed by atoms with Crippen molar-refractivity contribution in [2.45, 2.75) is 317 Å². The number of carbonyl (C=O) groups excluding carboxylic acids is 5. The molecule has 15 heteroatoms. The molecule has 0 aliphatic heterocycles. The summed E-state index contributed by atoms with van der Waals surface area (Å²) in [6.45, 7) is 11.8. The maximum absolute atomic E-state index is 12.6. The molecule has 4 N–H and O–H groups in total. The van der Waals surface area contributed by atoms with Crippen molar-refractivity contribution < 1.29 is 52.6 Å². The zero-order valence-corrected chi connectivity index (χ0v) is 51.8. The summed E-state index contributed by atoms with van der Waals surface area (Å²) in [6.07, 6.45) is 53.3. The van der Waals surface area contributed by atoms with E-state index in [1.54, 1.807) is 6.92 Å². The number of hydrogen-bond acceptors (Lipinski definition) is 12. The summed E-state index contributed by atoms with van der Waals surface area (Å²) in [7, 11) is 0. The highest BCUT2D eigenvalue weighted by atomic mass is 16.9. The minimum atomic E-state index is -0.736. The predicted molar refractivity (Wildman–Crippen MR) is 330 cm³/mol. The zero-order valence-electron chi connectivity index (χ0n) is 51.8. The fraction of sp³-hybridized carbons (Fsp3) is 0.864. The summed E-state index contributed by atoms with van der Waals surface area (Å²) in [6, 6.07) is 0. The first-order valence-electron chi connectivity index (χ1n) is 32.8. The molecule has 0 radical (unpaired) electrons. The number of alkyl carbamates (subject to hydrolysis) is 1. The minimum Gasteiger partial charge on any atom is -0.462 e. The normalized spacial score (nSPS) is 14.8. The quantitative estimate of drug-likeness (QED) is 0.0149. The van der Waals surface area contributed by atoms with Crippen molar-refractivity contribution >= 4 is 29.8 Å². The molecule has 0 aromatic rings. The summed E-state index contributed by atoms with van der Waals surface area (Å²) >= 11 is 0. The van der Waals surface area contributed by atoms with Gasteiger partial charge in [0.2, 0.25) is 11.8 Å². The lowest BCUT2D eigenvalue weighted by Crippen LogP contribution is -2.36. The van der Waals surface area contributed by atoms with Crippen LogP contribution in [0.2, 0.25) is 0 Å². The highest BCUT2D eigenvalue weighted by molar-refractivity contribution is 5.77. The number of nitrogens with one attached hydrogen (secondary N) is 4. The van der Waals surface area contributed by atoms with Crippen molar-refractivity contribution in [1.82, 2.24) is 21.6 Å². The molecule has 0 aromatic heterocycles. The number of unbranched alkanes of at least 4 members (excludes halogenated alkanes) is 28. The van der Waals surface area contributed by atoms with Crippen LogP contribution in [-0.4, -0.2) is 93.7 Å². The van der Waals surface area contributed by atoms with Crippen LogP contribution in [0.5, 0.6) is 0 Å². The third kappa shape index (κ3) is 55.4. The molecule has 2 rings (SSSR count). The number of esters is 2. The Morgan fingerprint density at radius 2 is 1.01 bits per heavy atom. The zero-order chi connectivity index (χ0) is 58.3. The van der Waals surface area contributed by atoms with Crippen LogP contribution in [0.15, 0.2) is 24.3 Å². The van der Waals surface area contributed by atoms with Gasteiger partial charge in [0.25, 0.3) is 0 Å². The lowest BCUT2D eigenvalue weighted by atomic mass is 10.0. The fourth-order valence-electron chi connectivity index (χ4n) is 9.57. The SMILES string of the molecule is C.CC(C)(CC1C=C1)OCC(=O)NCCCNC(=O)OC1CC/C=C/CCC1.CCCCCCCCCCCCCCCCCC(=O)OCC(CONOCCNC(=O)CC)OC(=O)CCCCCCCCCCCCCCCCC. The van der Waals surface area contributed by atoms with Crippen LogP contribution in [0, 0.1) is 5.92 Å². The minimum absolute atomic E-state index is 0. The van der Waals surface area contributed by atoms with Crippen LogP contribution in [-0.2, 0) is 47.8 Å². The molecular weight excluding hydrogens is 1020 g/mol. The lowest BCUT2D eigenvalue weighted by Gasteiger charge is -2.25. The van der Waals surface area contributed by atoms with Crippen molar-refractivity contribution in [3.8, 4) is 0 Å². The first-order chi connectivity index (χ1) is 39.0. The average Bonchev–Trinajstić information content (AvgIpc) is 4.26. The van der Waals surface area contributed by atoms with Crippen LogP contribution in [0.25, 0.3) is 0 Å². The van der Waals surface area contributed by atoms with E-state index >= 15 is 0 Å². The maximum Gasteiger partial charge on any atom is 0.407 e. The fourth-order valence-corrected chi connectivity index (χ4v) is 9.57. The van der Waals surface area contributed by atoms with Gasteiger partial charge < -0.3 is 34.9 Å². The first-order valence-corrected chi connectivity index (χ1v) is 32.8. The molecule has 2 unspecified atom stereocenters. The molecule has 2 atom stereocenters. The van der Waals surface area contributed by atoms with Crippen molar-refractivity contribution in [2.75, 3.05) is 46.1 Å². The summed E-state index contributed by atoms with van der Waals surface area (Å²) in [4.78, 5) is 70.6. The van der Waals surface area contributed by atoms with Crippen LogP contribution in [0.3, 0.4) is 0 Å². The Bertz CT molecular complexity index is 1560. The molecule has 0 fully saturated rings. The Morgan fingerprint density at radius 3 is 1.53 bits per heavy atom. The van der Waals surface area contributed by atoms with Crippen LogP contribution < -0.4 is 21.6 Å². The number of ether oxygens (including phenoxy) is 4. The van der Waals surface area contributed by atoms with Gasteiger partial charge in [-0.15, -0.1) is 0 Å². The average molecular weight is 1150 g/mol. The predicted octanol–water partition coefficient (Wildman–Crippen LogP) is 16.1. The molecule has 15 nitrogen and oxygen atoms in total. The van der Waals surface area contributed by atoms with E-state index in [2.05, 4.69) is 59.7 Å². The second kappa shape index (κ2) is 56.9. The van der Waals surface area contributed by atoms with E-state index in [1.165, 1.54) is 154 Å². The Kier molecular flexibility index (Phi) is 54.4. The highest BCUT2D eigenvalue weighted by Crippen LogP contribution is 2.29. The third-order valence-electron chi connectivity index (χ3n) is 14.7. The van der Waals surface area contributed by atoms with Gasteiger partial charge in [0.1, 0.15) is 25.9 Å². The molecule has 81 heavy (non-hydrogen) atoms. The number of allylic oxidation sites excluding steroid dienone is 4. The van der Waals surface area contributed by atoms with Crippen LogP contribution in [0.1, 0.15) is 299 Å². The van der Waals surface area contributed by atoms with Gasteiger partial charge in [-0.05, 0) is 77.6 Å². The Balaban J connectivity index is 0.00000190. The molecule has 0 saturated heterocycles. The van der Waals surface area contributed by atoms with Gasteiger partial charge in [-0.1, -0.05) is 238 Å². The number of amides is 3. The summed E-state index contributed by atoms with van der Waals surface area (Å²) in [5.41, 5.74) is 2.07. The molecule has 2 aliphatic carbocycles. The largest absolute Gasteiger partial charge is 0.462 e. The van der Waals surface area contributed by atoms with Gasteiger partial charge in [0.05, 0.1) is 12.2 Å². The monoisotopic (exact) mass is 1150 g/mol. The topological polar surface area (TPSA) is 189 Å². The number of carbonyl (C=O) groups is 5. The lowest BCUT2D eigenvalue weighted by molar-refractivity contribution is -0.197. The van der Waals surface area contributed by atoms with E-state index in [9.17, 15) is 24.0 Å². The molecule has 0 aromatic carbocycles. The highest BCUT2D eigenvalue weighted by Gasteiger charge is 2.26. The standard InChI is InChI=1S/C44H86N2O7.C21H34N2O4.CH4/c1-4-7-9-11-13-15-17-19-21-23-25-27-29-31-33-35-43(48)50-39-41(40-52-46-51-38-37-45-42(47)6-3)53-44(49)36-34-32-30-28-26-24-22-20-18-16-14-12-10-8-5-2;1-21(2,15-17-11-12-17)26-16-19(24)22-13-8-14-23-20(25)27-18-9-6-4-3-5-7-10-18;/h41,46H,4-40H2,1-3H3,(H,45,47);3-4,11-12,17-18H,5-10,13-16H2,1-2H3,(H,22,24)(H,23,25);1H4/b;4-3+;. The van der Waals surface area contributed by atoms with Gasteiger partial charge in [-0.2, -0.15) is 0 Å². The van der Waals surface area contributed by atoms with Crippen molar-refractivity contribution in [1.29, 1.82) is 0 Å². The van der Waals surface area contributed by atoms with Crippen LogP contribution in [0.4, 0.5) is 4.79 Å². The van der Waals surface area contributed by atoms with Gasteiger partial charge in [-0.25, -0.2) is 4.79 Å². The van der Waals surface area contributed by atoms with Gasteiger partial charge in [0, 0.05) is 38.9 Å². The molecule has 3 amide bonds. The smallest absolute Gasteiger partial charge is 0.407 e. The Labute approximate surface area is 495 Å². The second-order valence-electron chi connectivity index (χ2n) is 23.1. The van der Waals surface area contributed by atoms with Gasteiger partial charge in [0.15, 0.2) is 6.10 Å². The molecular formula is C66H124N4O11. The van der Waals surface area contributed by atoms with E-state index in [4.69, 9.17) is 28.6 Å². The summed E-state index contributed by atoms with van der Waals surface area (Å²) in [5, 5.41) is 8.28.